The maximum absolute atomic E-state index is 8.60. The second-order valence-electron chi connectivity index (χ2n) is 3.52. The highest BCUT2D eigenvalue weighted by molar-refractivity contribution is 5.80. The summed E-state index contributed by atoms with van der Waals surface area (Å²) < 4.78 is 0. The highest BCUT2D eigenvalue weighted by atomic mass is 16.3. The average Bonchev–Trinajstić information content (AvgIpc) is 2.33. The molecular weight excluding hydrogens is 200 g/mol. The molecule has 1 aromatic rings. The molecule has 0 saturated carbocycles. The first kappa shape index (κ1) is 12.7. The van der Waals surface area contributed by atoms with E-state index in [1.807, 2.05) is 0 Å². The van der Waals surface area contributed by atoms with Crippen LogP contribution in [0.2, 0.25) is 0 Å². The van der Waals surface area contributed by atoms with E-state index in [0.717, 1.165) is 18.7 Å². The van der Waals surface area contributed by atoms with Crippen LogP contribution in [0.15, 0.2) is 29.3 Å². The molecule has 0 unspecified atom stereocenters. The van der Waals surface area contributed by atoms with Crippen LogP contribution in [-0.4, -0.2) is 37.6 Å². The molecule has 0 atom stereocenters. The zero-order valence-corrected chi connectivity index (χ0v) is 10.1. The fourth-order valence-corrected chi connectivity index (χ4v) is 1.59. The molecule has 88 valence electrons. The van der Waals surface area contributed by atoms with Gasteiger partial charge in [-0.25, -0.2) is 0 Å². The first-order valence-corrected chi connectivity index (χ1v) is 5.77. The van der Waals surface area contributed by atoms with Crippen molar-refractivity contribution in [2.45, 2.75) is 13.8 Å². The number of hydrogen-bond donors (Lipinski definition) is 1. The molecule has 1 aromatic carbocycles. The largest absolute Gasteiger partial charge is 0.394 e. The van der Waals surface area contributed by atoms with E-state index in [-0.39, 0.29) is 6.61 Å². The molecule has 3 nitrogen and oxygen atoms in total. The lowest BCUT2D eigenvalue weighted by atomic mass is 10.2. The third-order valence-electron chi connectivity index (χ3n) is 2.49. The summed E-state index contributed by atoms with van der Waals surface area (Å²) in [4.78, 5) is 6.39. The van der Waals surface area contributed by atoms with Gasteiger partial charge in [0, 0.05) is 25.0 Å². The predicted molar refractivity (Wildman–Crippen MR) is 69.5 cm³/mol. The standard InChI is InChI=1S/C13H20N2O/c1-3-15(4-2)13-7-5-12(6-8-13)11-14-9-10-16/h5-8,11,16H,3-4,9-10H2,1-2H3. The lowest BCUT2D eigenvalue weighted by Crippen LogP contribution is -2.21. The minimum Gasteiger partial charge on any atom is -0.394 e. The molecule has 0 aliphatic heterocycles. The SMILES string of the molecule is CCN(CC)c1ccc(C=NCCO)cc1. The van der Waals surface area contributed by atoms with Gasteiger partial charge in [-0.15, -0.1) is 0 Å². The number of nitrogens with zero attached hydrogens (tertiary/aromatic N) is 2. The van der Waals surface area contributed by atoms with Crippen LogP contribution in [0.1, 0.15) is 19.4 Å². The highest BCUT2D eigenvalue weighted by Gasteiger charge is 1.99. The molecule has 3 heteroatoms. The molecule has 0 aromatic heterocycles. The highest BCUT2D eigenvalue weighted by Crippen LogP contribution is 2.13. The maximum atomic E-state index is 8.60. The summed E-state index contributed by atoms with van der Waals surface area (Å²) in [5.41, 5.74) is 2.31. The molecule has 0 fully saturated rings. The zero-order valence-electron chi connectivity index (χ0n) is 10.1. The summed E-state index contributed by atoms with van der Waals surface area (Å²) in [6.07, 6.45) is 1.79. The fraction of sp³-hybridized carbons (Fsp3) is 0.462. The molecule has 0 radical (unpaired) electrons. The summed E-state index contributed by atoms with van der Waals surface area (Å²) in [6.45, 7) is 6.93. The van der Waals surface area contributed by atoms with Gasteiger partial charge < -0.3 is 10.0 Å². The van der Waals surface area contributed by atoms with E-state index >= 15 is 0 Å². The van der Waals surface area contributed by atoms with E-state index in [9.17, 15) is 0 Å². The third-order valence-corrected chi connectivity index (χ3v) is 2.49. The Morgan fingerprint density at radius 2 is 1.81 bits per heavy atom. The Labute approximate surface area is 97.4 Å². The summed E-state index contributed by atoms with van der Waals surface area (Å²) in [5, 5.41) is 8.60. The Hall–Kier alpha value is -1.35. The molecule has 0 saturated heterocycles. The number of benzene rings is 1. The average molecular weight is 220 g/mol. The summed E-state index contributed by atoms with van der Waals surface area (Å²) >= 11 is 0. The lowest BCUT2D eigenvalue weighted by Gasteiger charge is -2.20. The topological polar surface area (TPSA) is 35.8 Å². The normalized spacial score (nSPS) is 10.9. The van der Waals surface area contributed by atoms with Crippen LogP contribution in [0.3, 0.4) is 0 Å². The lowest BCUT2D eigenvalue weighted by molar-refractivity contribution is 0.307. The van der Waals surface area contributed by atoms with Gasteiger partial charge in [-0.05, 0) is 31.5 Å². The number of aliphatic hydroxyl groups excluding tert-OH is 1. The van der Waals surface area contributed by atoms with Gasteiger partial charge in [0.2, 0.25) is 0 Å². The Kier molecular flexibility index (Phi) is 5.57. The molecule has 0 spiro atoms. The monoisotopic (exact) mass is 220 g/mol. The second-order valence-corrected chi connectivity index (χ2v) is 3.52. The van der Waals surface area contributed by atoms with Gasteiger partial charge in [-0.2, -0.15) is 0 Å². The number of aliphatic hydroxyl groups is 1. The van der Waals surface area contributed by atoms with E-state index < -0.39 is 0 Å². The predicted octanol–water partition coefficient (Wildman–Crippen LogP) is 1.94. The van der Waals surface area contributed by atoms with Gasteiger partial charge in [-0.1, -0.05) is 12.1 Å². The molecule has 0 bridgehead atoms. The third kappa shape index (κ3) is 3.66. The quantitative estimate of drug-likeness (QED) is 0.744. The van der Waals surface area contributed by atoms with Gasteiger partial charge >= 0.3 is 0 Å². The van der Waals surface area contributed by atoms with Gasteiger partial charge in [0.05, 0.1) is 13.2 Å². The van der Waals surface area contributed by atoms with Crippen LogP contribution in [0.5, 0.6) is 0 Å². The molecule has 0 aliphatic carbocycles. The van der Waals surface area contributed by atoms with E-state index in [1.54, 1.807) is 6.21 Å². The number of anilines is 1. The van der Waals surface area contributed by atoms with E-state index in [4.69, 9.17) is 5.11 Å². The van der Waals surface area contributed by atoms with Gasteiger partial charge in [0.15, 0.2) is 0 Å². The first-order valence-electron chi connectivity index (χ1n) is 5.77. The molecular formula is C13H20N2O. The minimum atomic E-state index is 0.105. The molecule has 0 heterocycles. The summed E-state index contributed by atoms with van der Waals surface area (Å²) in [7, 11) is 0. The van der Waals surface area contributed by atoms with Crippen molar-refractivity contribution in [3.63, 3.8) is 0 Å². The van der Waals surface area contributed by atoms with E-state index in [2.05, 4.69) is 48.0 Å². The number of aliphatic imine (C=N–C) groups is 1. The van der Waals surface area contributed by atoms with Crippen LogP contribution >= 0.6 is 0 Å². The van der Waals surface area contributed by atoms with Crippen molar-refractivity contribution in [3.05, 3.63) is 29.8 Å². The Bertz CT molecular complexity index is 315. The van der Waals surface area contributed by atoms with Crippen molar-refractivity contribution >= 4 is 11.9 Å². The molecule has 1 rings (SSSR count). The number of rotatable bonds is 6. The van der Waals surface area contributed by atoms with E-state index in [0.29, 0.717) is 6.54 Å². The van der Waals surface area contributed by atoms with Gasteiger partial charge in [0.25, 0.3) is 0 Å². The molecule has 1 N–H and O–H groups in total. The molecule has 0 aliphatic rings. The molecule has 16 heavy (non-hydrogen) atoms. The maximum Gasteiger partial charge on any atom is 0.0626 e. The summed E-state index contributed by atoms with van der Waals surface area (Å²) in [5.74, 6) is 0. The van der Waals surface area contributed by atoms with Gasteiger partial charge in [0.1, 0.15) is 0 Å². The fourth-order valence-electron chi connectivity index (χ4n) is 1.59. The Morgan fingerprint density at radius 1 is 1.19 bits per heavy atom. The van der Waals surface area contributed by atoms with Crippen molar-refractivity contribution in [1.82, 2.24) is 0 Å². The Balaban J connectivity index is 2.67. The minimum absolute atomic E-state index is 0.105. The second kappa shape index (κ2) is 7.01. The van der Waals surface area contributed by atoms with Crippen LogP contribution in [0.4, 0.5) is 5.69 Å². The van der Waals surface area contributed by atoms with Gasteiger partial charge in [-0.3, -0.25) is 4.99 Å². The van der Waals surface area contributed by atoms with Crippen molar-refractivity contribution in [2.75, 3.05) is 31.1 Å². The van der Waals surface area contributed by atoms with Crippen LogP contribution < -0.4 is 4.90 Å². The smallest absolute Gasteiger partial charge is 0.0626 e. The van der Waals surface area contributed by atoms with Crippen molar-refractivity contribution < 1.29 is 5.11 Å². The summed E-state index contributed by atoms with van der Waals surface area (Å²) in [6, 6.07) is 8.31. The van der Waals surface area contributed by atoms with Crippen LogP contribution in [0, 0.1) is 0 Å². The van der Waals surface area contributed by atoms with Crippen molar-refractivity contribution in [3.8, 4) is 0 Å². The van der Waals surface area contributed by atoms with Crippen LogP contribution in [0.25, 0.3) is 0 Å². The van der Waals surface area contributed by atoms with E-state index in [1.165, 1.54) is 5.69 Å². The van der Waals surface area contributed by atoms with Crippen LogP contribution in [-0.2, 0) is 0 Å². The molecule has 0 amide bonds. The Morgan fingerprint density at radius 3 is 2.31 bits per heavy atom. The van der Waals surface area contributed by atoms with Crippen molar-refractivity contribution in [1.29, 1.82) is 0 Å². The number of hydrogen-bond acceptors (Lipinski definition) is 3. The first-order chi connectivity index (χ1) is 7.81. The van der Waals surface area contributed by atoms with Crippen molar-refractivity contribution in [2.24, 2.45) is 4.99 Å². The zero-order chi connectivity index (χ0) is 11.8.